The molecule has 0 spiro atoms. The summed E-state index contributed by atoms with van der Waals surface area (Å²) in [6.45, 7) is 3.95. The highest BCUT2D eigenvalue weighted by atomic mass is 35.5. The second kappa shape index (κ2) is 7.41. The van der Waals surface area contributed by atoms with Crippen LogP contribution in [0.2, 0.25) is 5.02 Å². The molecule has 6 nitrogen and oxygen atoms in total. The number of amides is 2. The van der Waals surface area contributed by atoms with E-state index in [0.29, 0.717) is 16.4 Å². The van der Waals surface area contributed by atoms with Crippen LogP contribution >= 0.6 is 11.6 Å². The Balaban J connectivity index is 1.81. The van der Waals surface area contributed by atoms with Gasteiger partial charge in [0.05, 0.1) is 5.69 Å². The first-order valence-corrected chi connectivity index (χ1v) is 8.31. The molecule has 26 heavy (non-hydrogen) atoms. The van der Waals surface area contributed by atoms with Gasteiger partial charge in [-0.15, -0.1) is 0 Å². The molecule has 1 aromatic heterocycles. The summed E-state index contributed by atoms with van der Waals surface area (Å²) in [6, 6.07) is 11.9. The number of aryl methyl sites for hydroxylation is 2. The van der Waals surface area contributed by atoms with Crippen LogP contribution in [0.1, 0.15) is 11.1 Å². The summed E-state index contributed by atoms with van der Waals surface area (Å²) in [5.41, 5.74) is 2.96. The van der Waals surface area contributed by atoms with Gasteiger partial charge in [0.15, 0.2) is 0 Å². The Hall–Kier alpha value is -3.12. The molecule has 0 aliphatic heterocycles. The minimum atomic E-state index is -0.540. The van der Waals surface area contributed by atoms with E-state index in [4.69, 9.17) is 11.6 Å². The number of carbonyl (C=O) groups is 1. The van der Waals surface area contributed by atoms with Gasteiger partial charge in [-0.05, 0) is 55.3 Å². The highest BCUT2D eigenvalue weighted by Gasteiger charge is 2.11. The smallest absolute Gasteiger partial charge is 0.308 e. The van der Waals surface area contributed by atoms with Gasteiger partial charge in [-0.25, -0.2) is 9.78 Å². The summed E-state index contributed by atoms with van der Waals surface area (Å²) in [6.07, 6.45) is 2.95. The Bertz CT molecular complexity index is 1030. The van der Waals surface area contributed by atoms with Gasteiger partial charge >= 0.3 is 6.03 Å². The van der Waals surface area contributed by atoms with Gasteiger partial charge in [0.25, 0.3) is 5.56 Å². The van der Waals surface area contributed by atoms with Crippen LogP contribution in [-0.4, -0.2) is 15.6 Å². The third-order valence-electron chi connectivity index (χ3n) is 3.92. The first kappa shape index (κ1) is 17.7. The van der Waals surface area contributed by atoms with Crippen LogP contribution in [0, 0.1) is 13.8 Å². The van der Waals surface area contributed by atoms with Crippen molar-refractivity contribution in [3.8, 4) is 5.69 Å². The van der Waals surface area contributed by atoms with Crippen LogP contribution in [-0.2, 0) is 0 Å². The van der Waals surface area contributed by atoms with E-state index in [1.807, 2.05) is 26.0 Å². The second-order valence-electron chi connectivity index (χ2n) is 5.81. The lowest BCUT2D eigenvalue weighted by atomic mass is 10.1. The molecule has 0 unspecified atom stereocenters. The van der Waals surface area contributed by atoms with Crippen molar-refractivity contribution in [1.29, 1.82) is 0 Å². The van der Waals surface area contributed by atoms with Gasteiger partial charge in [-0.3, -0.25) is 14.7 Å². The van der Waals surface area contributed by atoms with Crippen molar-refractivity contribution in [3.63, 3.8) is 0 Å². The van der Waals surface area contributed by atoms with Crippen molar-refractivity contribution in [2.75, 3.05) is 10.6 Å². The van der Waals surface area contributed by atoms with Gasteiger partial charge in [0, 0.05) is 23.1 Å². The lowest BCUT2D eigenvalue weighted by molar-refractivity contribution is 0.262. The zero-order chi connectivity index (χ0) is 18.7. The Morgan fingerprint density at radius 2 is 1.88 bits per heavy atom. The molecule has 132 valence electrons. The number of aromatic nitrogens is 2. The zero-order valence-corrected chi connectivity index (χ0v) is 15.0. The maximum Gasteiger partial charge on any atom is 0.325 e. The van der Waals surface area contributed by atoms with Crippen molar-refractivity contribution in [3.05, 3.63) is 81.4 Å². The molecule has 0 saturated carbocycles. The maximum absolute atomic E-state index is 12.6. The predicted molar refractivity (Wildman–Crippen MR) is 103 cm³/mol. The summed E-state index contributed by atoms with van der Waals surface area (Å²) in [5.74, 6) is -0.0752. The molecule has 0 bridgehead atoms. The van der Waals surface area contributed by atoms with Crippen LogP contribution in [0.4, 0.5) is 16.3 Å². The van der Waals surface area contributed by atoms with E-state index < -0.39 is 11.6 Å². The highest BCUT2D eigenvalue weighted by molar-refractivity contribution is 6.30. The molecular formula is C19H17ClN4O2. The summed E-state index contributed by atoms with van der Waals surface area (Å²) in [4.78, 5) is 28.7. The Labute approximate surface area is 155 Å². The van der Waals surface area contributed by atoms with Gasteiger partial charge < -0.3 is 5.32 Å². The van der Waals surface area contributed by atoms with Crippen LogP contribution in [0.25, 0.3) is 5.69 Å². The molecule has 0 radical (unpaired) electrons. The molecule has 7 heteroatoms. The van der Waals surface area contributed by atoms with E-state index in [9.17, 15) is 9.59 Å². The number of nitrogens with one attached hydrogen (secondary N) is 2. The first-order chi connectivity index (χ1) is 12.4. The number of halogens is 1. The lowest BCUT2D eigenvalue weighted by Crippen LogP contribution is -2.28. The summed E-state index contributed by atoms with van der Waals surface area (Å²) in [7, 11) is 0. The minimum Gasteiger partial charge on any atom is -0.308 e. The highest BCUT2D eigenvalue weighted by Crippen LogP contribution is 2.15. The standard InChI is InChI=1S/C19H17ClN4O2/c1-12-6-7-15(10-13(12)2)22-19(26)23-17-18(25)24(9-8-21-17)16-5-3-4-14(20)11-16/h3-11H,1-2H3,(H2,21,22,23,26). The van der Waals surface area contributed by atoms with E-state index in [-0.39, 0.29) is 5.82 Å². The largest absolute Gasteiger partial charge is 0.325 e. The number of urea groups is 1. The van der Waals surface area contributed by atoms with Crippen molar-refractivity contribution in [1.82, 2.24) is 9.55 Å². The molecule has 3 rings (SSSR count). The molecule has 2 aromatic carbocycles. The van der Waals surface area contributed by atoms with Crippen molar-refractivity contribution < 1.29 is 4.79 Å². The lowest BCUT2D eigenvalue weighted by Gasteiger charge is -2.10. The first-order valence-electron chi connectivity index (χ1n) is 7.93. The fourth-order valence-electron chi connectivity index (χ4n) is 2.42. The van der Waals surface area contributed by atoms with Crippen LogP contribution in [0.5, 0.6) is 0 Å². The topological polar surface area (TPSA) is 76.0 Å². The van der Waals surface area contributed by atoms with Gasteiger partial charge in [-0.2, -0.15) is 0 Å². The number of hydrogen-bond donors (Lipinski definition) is 2. The van der Waals surface area contributed by atoms with Crippen molar-refractivity contribution in [2.45, 2.75) is 13.8 Å². The summed E-state index contributed by atoms with van der Waals surface area (Å²) < 4.78 is 1.37. The van der Waals surface area contributed by atoms with E-state index in [1.165, 1.54) is 17.0 Å². The molecule has 3 aromatic rings. The molecule has 1 heterocycles. The Kier molecular flexibility index (Phi) is 5.04. The average molecular weight is 369 g/mol. The Morgan fingerprint density at radius 3 is 2.62 bits per heavy atom. The number of nitrogens with zero attached hydrogens (tertiary/aromatic N) is 2. The van der Waals surface area contributed by atoms with E-state index in [0.717, 1.165) is 11.1 Å². The number of rotatable bonds is 3. The van der Waals surface area contributed by atoms with Crippen molar-refractivity contribution in [2.24, 2.45) is 0 Å². The quantitative estimate of drug-likeness (QED) is 0.729. The second-order valence-corrected chi connectivity index (χ2v) is 6.25. The summed E-state index contributed by atoms with van der Waals surface area (Å²) in [5, 5.41) is 5.69. The fraction of sp³-hybridized carbons (Fsp3) is 0.105. The van der Waals surface area contributed by atoms with Crippen LogP contribution in [0.3, 0.4) is 0 Å². The molecule has 0 fully saturated rings. The maximum atomic E-state index is 12.6. The minimum absolute atomic E-state index is 0.0752. The predicted octanol–water partition coefficient (Wildman–Crippen LogP) is 4.15. The van der Waals surface area contributed by atoms with E-state index >= 15 is 0 Å². The molecule has 2 N–H and O–H groups in total. The normalized spacial score (nSPS) is 10.4. The zero-order valence-electron chi connectivity index (χ0n) is 14.3. The number of carbonyl (C=O) groups excluding carboxylic acids is 1. The third kappa shape index (κ3) is 3.92. The Morgan fingerprint density at radius 1 is 1.08 bits per heavy atom. The molecule has 0 atom stereocenters. The molecule has 2 amide bonds. The third-order valence-corrected chi connectivity index (χ3v) is 4.16. The fourth-order valence-corrected chi connectivity index (χ4v) is 2.60. The van der Waals surface area contributed by atoms with Crippen LogP contribution in [0.15, 0.2) is 59.7 Å². The molecule has 0 aliphatic carbocycles. The van der Waals surface area contributed by atoms with Gasteiger partial charge in [0.1, 0.15) is 0 Å². The van der Waals surface area contributed by atoms with Crippen LogP contribution < -0.4 is 16.2 Å². The van der Waals surface area contributed by atoms with Gasteiger partial charge in [0.2, 0.25) is 5.82 Å². The number of benzene rings is 2. The van der Waals surface area contributed by atoms with E-state index in [2.05, 4.69) is 15.6 Å². The monoisotopic (exact) mass is 368 g/mol. The number of hydrogen-bond acceptors (Lipinski definition) is 3. The summed E-state index contributed by atoms with van der Waals surface area (Å²) >= 11 is 5.97. The SMILES string of the molecule is Cc1ccc(NC(=O)Nc2nccn(-c3cccc(Cl)c3)c2=O)cc1C. The molecule has 0 saturated heterocycles. The average Bonchev–Trinajstić information content (AvgIpc) is 2.60. The molecule has 0 aliphatic rings. The molecular weight excluding hydrogens is 352 g/mol. The van der Waals surface area contributed by atoms with E-state index in [1.54, 1.807) is 30.3 Å². The van der Waals surface area contributed by atoms with Crippen molar-refractivity contribution >= 4 is 29.1 Å². The number of anilines is 2. The van der Waals surface area contributed by atoms with Gasteiger partial charge in [-0.1, -0.05) is 23.7 Å².